The molecule has 5 heterocycles. The number of carbonyl (C=O) groups excluding carboxylic acids is 1. The van der Waals surface area contributed by atoms with E-state index in [4.69, 9.17) is 24.3 Å². The van der Waals surface area contributed by atoms with Crippen LogP contribution in [-0.4, -0.2) is 113 Å². The van der Waals surface area contributed by atoms with Crippen molar-refractivity contribution in [2.24, 2.45) is 5.73 Å². The first kappa shape index (κ1) is 33.4. The molecular weight excluding hydrogens is 648 g/mol. The molecule has 45 heavy (non-hydrogen) atoms. The number of nitrogens with one attached hydrogen (secondary N) is 1. The summed E-state index contributed by atoms with van der Waals surface area (Å²) < 4.78 is 52.3. The molecule has 3 aromatic rings. The summed E-state index contributed by atoms with van der Waals surface area (Å²) in [5.41, 5.74) is 5.91. The number of hydrogen-bond acceptors (Lipinski definition) is 16. The summed E-state index contributed by atoms with van der Waals surface area (Å²) >= 11 is 0. The van der Waals surface area contributed by atoms with Crippen LogP contribution >= 0.6 is 15.6 Å². The third-order valence-corrected chi connectivity index (χ3v) is 9.56. The van der Waals surface area contributed by atoms with Crippen LogP contribution in [0.3, 0.4) is 0 Å². The summed E-state index contributed by atoms with van der Waals surface area (Å²) in [7, 11) is -9.12. The minimum absolute atomic E-state index is 0.0721. The number of amides is 1. The van der Waals surface area contributed by atoms with Crippen molar-refractivity contribution in [3.05, 3.63) is 42.7 Å². The predicted molar refractivity (Wildman–Crippen MR) is 145 cm³/mol. The average molecular weight is 678 g/mol. The number of fused-ring (bicyclic) bond motifs is 1. The van der Waals surface area contributed by atoms with Crippen LogP contribution in [0.2, 0.25) is 0 Å². The molecule has 21 nitrogen and oxygen atoms in total. The molecule has 0 radical (unpaired) electrons. The quantitative estimate of drug-likeness (QED) is 0.0722. The van der Waals surface area contributed by atoms with E-state index in [1.54, 1.807) is 7.05 Å². The molecule has 3 aromatic heterocycles. The highest BCUT2D eigenvalue weighted by atomic mass is 31.3. The zero-order chi connectivity index (χ0) is 32.7. The lowest BCUT2D eigenvalue weighted by atomic mass is 10.1. The number of nitrogens with zero attached hydrogens (tertiary/aromatic N) is 5. The number of nitrogens with two attached hydrogens (primary N) is 1. The second kappa shape index (κ2) is 13.0. The summed E-state index contributed by atoms with van der Waals surface area (Å²) in [6.07, 6.45) is -6.59. The van der Waals surface area contributed by atoms with Crippen LogP contribution < -0.4 is 15.6 Å². The van der Waals surface area contributed by atoms with Crippen LogP contribution in [0, 0.1) is 0 Å². The highest BCUT2D eigenvalue weighted by Crippen LogP contribution is 2.60. The van der Waals surface area contributed by atoms with E-state index in [2.05, 4.69) is 24.6 Å². The number of phosphoric ester groups is 2. The van der Waals surface area contributed by atoms with Gasteiger partial charge >= 0.3 is 15.6 Å². The molecule has 0 bridgehead atoms. The van der Waals surface area contributed by atoms with Gasteiger partial charge in [-0.15, -0.1) is 0 Å². The van der Waals surface area contributed by atoms with Gasteiger partial charge in [-0.3, -0.25) is 18.4 Å². The molecular formula is C22H30N7O14P2+. The maximum Gasteiger partial charge on any atom is 0.481 e. The first-order chi connectivity index (χ1) is 21.2. The molecule has 9 N–H and O–H groups in total. The number of phosphoric acid groups is 2. The number of anilines is 1. The zero-order valence-electron chi connectivity index (χ0n) is 23.2. The van der Waals surface area contributed by atoms with Crippen LogP contribution in [-0.2, 0) is 32.0 Å². The number of imidazole rings is 1. The van der Waals surface area contributed by atoms with E-state index in [1.165, 1.54) is 46.3 Å². The lowest BCUT2D eigenvalue weighted by Crippen LogP contribution is -2.46. The Kier molecular flexibility index (Phi) is 9.64. The Hall–Kier alpha value is -3.01. The van der Waals surface area contributed by atoms with Gasteiger partial charge in [0, 0.05) is 13.1 Å². The Balaban J connectivity index is 1.16. The lowest BCUT2D eigenvalue weighted by molar-refractivity contribution is -0.765. The van der Waals surface area contributed by atoms with Gasteiger partial charge in [0.2, 0.25) is 0 Å². The van der Waals surface area contributed by atoms with Crippen LogP contribution in [0.1, 0.15) is 22.8 Å². The standard InChI is InChI=1S/C22H29N7O14P2/c1-24-19-13-20(26-8-25-19)29(9-27-13)22-17(33)15(31)12(42-22)7-40-45(37,38)43-44(35,36)39-6-11-14(30)16(32)21(41-11)28-4-2-3-10(5-28)18(23)34/h2-5,8-9,11-12,14-17,21-22,30-33H,6-7H2,1H3,(H4-,23,24,25,26,34,35,36,37,38)/p+1. The van der Waals surface area contributed by atoms with Gasteiger partial charge in [0.1, 0.15) is 47.9 Å². The predicted octanol–water partition coefficient (Wildman–Crippen LogP) is -2.56. The largest absolute Gasteiger partial charge is 0.481 e. The molecule has 0 spiro atoms. The molecule has 0 saturated carbocycles. The van der Waals surface area contributed by atoms with E-state index in [9.17, 15) is 44.1 Å². The minimum atomic E-state index is -5.37. The van der Waals surface area contributed by atoms with Gasteiger partial charge in [-0.05, 0) is 6.07 Å². The second-order valence-electron chi connectivity index (χ2n) is 9.90. The molecule has 2 saturated heterocycles. The number of hydrogen-bond donors (Lipinski definition) is 8. The molecule has 10 unspecified atom stereocenters. The summed E-state index contributed by atoms with van der Waals surface area (Å²) in [5, 5.41) is 44.6. The lowest BCUT2D eigenvalue weighted by Gasteiger charge is -2.20. The van der Waals surface area contributed by atoms with Gasteiger partial charge in [-0.2, -0.15) is 8.88 Å². The summed E-state index contributed by atoms with van der Waals surface area (Å²) in [4.78, 5) is 43.8. The average Bonchev–Trinajstić information content (AvgIpc) is 3.64. The van der Waals surface area contributed by atoms with Crippen LogP contribution in [0.15, 0.2) is 37.2 Å². The van der Waals surface area contributed by atoms with Gasteiger partial charge in [0.25, 0.3) is 12.1 Å². The van der Waals surface area contributed by atoms with E-state index in [0.29, 0.717) is 11.3 Å². The van der Waals surface area contributed by atoms with Crippen molar-refractivity contribution in [2.75, 3.05) is 25.6 Å². The SMILES string of the molecule is CNc1ncnc2c1ncn2C1OC(COP(=O)(O)OP(=O)(O)OCC2OC([n+]3cccc(C(N)=O)c3)C(O)C2O)C(O)C1O. The fourth-order valence-corrected chi connectivity index (χ4v) is 6.83. The number of aliphatic hydroxyl groups is 4. The first-order valence-corrected chi connectivity index (χ1v) is 16.1. The van der Waals surface area contributed by atoms with E-state index >= 15 is 0 Å². The van der Waals surface area contributed by atoms with Crippen molar-refractivity contribution in [2.45, 2.75) is 49.1 Å². The number of aromatic nitrogens is 5. The fourth-order valence-electron chi connectivity index (χ4n) is 4.74. The van der Waals surface area contributed by atoms with Crippen molar-refractivity contribution in [1.29, 1.82) is 0 Å². The van der Waals surface area contributed by atoms with Gasteiger partial charge in [-0.1, -0.05) is 0 Å². The smallest absolute Gasteiger partial charge is 0.387 e. The zero-order valence-corrected chi connectivity index (χ0v) is 24.9. The van der Waals surface area contributed by atoms with Crippen molar-refractivity contribution in [3.63, 3.8) is 0 Å². The summed E-state index contributed by atoms with van der Waals surface area (Å²) in [6.45, 7) is -1.78. The van der Waals surface area contributed by atoms with Crippen molar-refractivity contribution in [3.8, 4) is 0 Å². The molecule has 246 valence electrons. The molecule has 1 amide bonds. The molecule has 0 aliphatic carbocycles. The van der Waals surface area contributed by atoms with Crippen molar-refractivity contribution < 1.29 is 71.5 Å². The molecule has 10 atom stereocenters. The number of pyridine rings is 1. The van der Waals surface area contributed by atoms with E-state index in [-0.39, 0.29) is 11.2 Å². The normalized spacial score (nSPS) is 31.1. The number of primary amides is 1. The van der Waals surface area contributed by atoms with Crippen molar-refractivity contribution in [1.82, 2.24) is 19.5 Å². The summed E-state index contributed by atoms with van der Waals surface area (Å²) in [5.74, 6) is -0.374. The maximum atomic E-state index is 12.5. The Morgan fingerprint density at radius 2 is 1.67 bits per heavy atom. The van der Waals surface area contributed by atoms with Gasteiger partial charge in [0.15, 0.2) is 36.2 Å². The number of ether oxygens (including phenoxy) is 2. The van der Waals surface area contributed by atoms with Gasteiger partial charge in [-0.25, -0.2) is 24.1 Å². The third-order valence-electron chi connectivity index (χ3n) is 6.95. The Morgan fingerprint density at radius 1 is 1.02 bits per heavy atom. The maximum absolute atomic E-state index is 12.5. The highest BCUT2D eigenvalue weighted by Gasteiger charge is 2.50. The summed E-state index contributed by atoms with van der Waals surface area (Å²) in [6, 6.07) is 2.84. The molecule has 0 aromatic carbocycles. The monoisotopic (exact) mass is 678 g/mol. The van der Waals surface area contributed by atoms with Crippen LogP contribution in [0.5, 0.6) is 0 Å². The van der Waals surface area contributed by atoms with E-state index < -0.39 is 83.8 Å². The number of rotatable bonds is 12. The highest BCUT2D eigenvalue weighted by molar-refractivity contribution is 7.61. The Labute approximate surface area is 253 Å². The van der Waals surface area contributed by atoms with E-state index in [1.807, 2.05) is 0 Å². The number of aliphatic hydroxyl groups excluding tert-OH is 4. The third kappa shape index (κ3) is 7.05. The molecule has 5 rings (SSSR count). The molecule has 23 heteroatoms. The topological polar surface area (TPSA) is 304 Å². The Morgan fingerprint density at radius 3 is 2.31 bits per heavy atom. The van der Waals surface area contributed by atoms with Gasteiger partial charge < -0.3 is 50.7 Å². The minimum Gasteiger partial charge on any atom is -0.387 e. The van der Waals surface area contributed by atoms with E-state index in [0.717, 1.165) is 0 Å². The first-order valence-electron chi connectivity index (χ1n) is 13.1. The number of carbonyl (C=O) groups is 1. The Bertz CT molecular complexity index is 1650. The van der Waals surface area contributed by atoms with Crippen molar-refractivity contribution >= 4 is 38.5 Å². The second-order valence-corrected chi connectivity index (χ2v) is 12.9. The van der Waals surface area contributed by atoms with Crippen LogP contribution in [0.4, 0.5) is 5.82 Å². The van der Waals surface area contributed by atoms with Gasteiger partial charge in [0.05, 0.1) is 19.5 Å². The van der Waals surface area contributed by atoms with Crippen LogP contribution in [0.25, 0.3) is 11.2 Å². The molecule has 2 aliphatic rings. The fraction of sp³-hybridized carbons (Fsp3) is 0.500. The molecule has 2 fully saturated rings. The molecule has 2 aliphatic heterocycles.